The first-order valence-electron chi connectivity index (χ1n) is 8.54. The highest BCUT2D eigenvalue weighted by atomic mass is 16.2. The van der Waals surface area contributed by atoms with Gasteiger partial charge in [0.15, 0.2) is 0 Å². The molecule has 3 rings (SSSR count). The molecule has 2 N–H and O–H groups in total. The van der Waals surface area contributed by atoms with Gasteiger partial charge in [-0.3, -0.25) is 24.1 Å². The third-order valence-electron chi connectivity index (χ3n) is 4.23. The molecule has 0 atom stereocenters. The van der Waals surface area contributed by atoms with Crippen LogP contribution >= 0.6 is 0 Å². The van der Waals surface area contributed by atoms with Crippen molar-refractivity contribution in [3.05, 3.63) is 70.8 Å². The largest absolute Gasteiger partial charge is 0.353 e. The minimum absolute atomic E-state index is 0.194. The van der Waals surface area contributed by atoms with E-state index in [9.17, 15) is 19.2 Å². The fourth-order valence-electron chi connectivity index (χ4n) is 2.77. The molecule has 0 bridgehead atoms. The number of imide groups is 1. The molecule has 0 aliphatic carbocycles. The zero-order chi connectivity index (χ0) is 19.4. The van der Waals surface area contributed by atoms with E-state index in [4.69, 9.17) is 0 Å². The molecule has 138 valence electrons. The maximum absolute atomic E-state index is 12.2. The third kappa shape index (κ3) is 4.03. The Labute approximate surface area is 156 Å². The summed E-state index contributed by atoms with van der Waals surface area (Å²) in [5.74, 6) is -1.64. The Morgan fingerprint density at radius 1 is 0.852 bits per heavy atom. The molecule has 2 aromatic rings. The van der Waals surface area contributed by atoms with Crippen LogP contribution in [0.4, 0.5) is 0 Å². The lowest BCUT2D eigenvalue weighted by Crippen LogP contribution is -2.42. The van der Waals surface area contributed by atoms with Crippen molar-refractivity contribution in [2.24, 2.45) is 0 Å². The van der Waals surface area contributed by atoms with Crippen LogP contribution in [0, 0.1) is 6.92 Å². The number of carbonyl (C=O) groups excluding carboxylic acids is 4. The number of carbonyl (C=O) groups is 4. The molecule has 0 fully saturated rings. The smallest absolute Gasteiger partial charge is 0.262 e. The average molecular weight is 365 g/mol. The van der Waals surface area contributed by atoms with Gasteiger partial charge in [-0.15, -0.1) is 0 Å². The summed E-state index contributed by atoms with van der Waals surface area (Å²) >= 11 is 0. The van der Waals surface area contributed by atoms with Gasteiger partial charge in [-0.25, -0.2) is 0 Å². The summed E-state index contributed by atoms with van der Waals surface area (Å²) < 4.78 is 0. The van der Waals surface area contributed by atoms with Crippen molar-refractivity contribution in [3.63, 3.8) is 0 Å². The second-order valence-electron chi connectivity index (χ2n) is 6.21. The van der Waals surface area contributed by atoms with Crippen LogP contribution in [0.5, 0.6) is 0 Å². The van der Waals surface area contributed by atoms with Gasteiger partial charge in [0.25, 0.3) is 17.7 Å². The van der Waals surface area contributed by atoms with Gasteiger partial charge in [0, 0.05) is 18.7 Å². The fraction of sp³-hybridized carbons (Fsp3) is 0.200. The number of nitrogens with zero attached hydrogens (tertiary/aromatic N) is 1. The summed E-state index contributed by atoms with van der Waals surface area (Å²) in [6.45, 7) is 2.02. The van der Waals surface area contributed by atoms with Crippen molar-refractivity contribution in [2.75, 3.05) is 19.6 Å². The quantitative estimate of drug-likeness (QED) is 0.593. The Bertz CT molecular complexity index is 871. The van der Waals surface area contributed by atoms with Crippen molar-refractivity contribution in [2.45, 2.75) is 6.92 Å². The van der Waals surface area contributed by atoms with Gasteiger partial charge in [-0.05, 0) is 31.2 Å². The number of nitrogens with one attached hydrogen (secondary N) is 2. The molecule has 4 amide bonds. The first kappa shape index (κ1) is 18.3. The summed E-state index contributed by atoms with van der Waals surface area (Å²) in [6, 6.07) is 13.6. The first-order chi connectivity index (χ1) is 13.0. The zero-order valence-corrected chi connectivity index (χ0v) is 14.8. The number of rotatable bonds is 6. The Hall–Kier alpha value is -3.48. The number of benzene rings is 2. The van der Waals surface area contributed by atoms with E-state index in [1.54, 1.807) is 36.4 Å². The standard InChI is InChI=1S/C20H19N3O4/c1-13-6-8-14(9-7-13)18(25)22-11-10-21-17(24)12-23-19(26)15-4-2-3-5-16(15)20(23)27/h2-9H,10-12H2,1H3,(H,21,24)(H,22,25). The lowest BCUT2D eigenvalue weighted by Gasteiger charge is -2.13. The van der Waals surface area contributed by atoms with Crippen molar-refractivity contribution >= 4 is 23.6 Å². The molecule has 2 aromatic carbocycles. The number of hydrogen-bond acceptors (Lipinski definition) is 4. The van der Waals surface area contributed by atoms with Crippen LogP contribution in [0.3, 0.4) is 0 Å². The van der Waals surface area contributed by atoms with Crippen LogP contribution in [0.25, 0.3) is 0 Å². The highest BCUT2D eigenvalue weighted by molar-refractivity contribution is 6.22. The lowest BCUT2D eigenvalue weighted by molar-refractivity contribution is -0.121. The molecule has 27 heavy (non-hydrogen) atoms. The molecule has 0 aromatic heterocycles. The lowest BCUT2D eigenvalue weighted by atomic mass is 10.1. The van der Waals surface area contributed by atoms with Crippen LogP contribution < -0.4 is 10.6 Å². The molecule has 1 aliphatic rings. The topological polar surface area (TPSA) is 95.6 Å². The van der Waals surface area contributed by atoms with Crippen molar-refractivity contribution < 1.29 is 19.2 Å². The highest BCUT2D eigenvalue weighted by Crippen LogP contribution is 2.21. The van der Waals surface area contributed by atoms with Gasteiger partial charge in [0.2, 0.25) is 5.91 Å². The SMILES string of the molecule is Cc1ccc(C(=O)NCCNC(=O)CN2C(=O)c3ccccc3C2=O)cc1. The van der Waals surface area contributed by atoms with Crippen molar-refractivity contribution in [3.8, 4) is 0 Å². The normalized spacial score (nSPS) is 12.7. The predicted octanol–water partition coefficient (Wildman–Crippen LogP) is 1.14. The predicted molar refractivity (Wildman–Crippen MR) is 98.3 cm³/mol. The van der Waals surface area contributed by atoms with E-state index in [-0.39, 0.29) is 25.5 Å². The van der Waals surface area contributed by atoms with Gasteiger partial charge in [0.05, 0.1) is 11.1 Å². The van der Waals surface area contributed by atoms with E-state index >= 15 is 0 Å². The highest BCUT2D eigenvalue weighted by Gasteiger charge is 2.36. The second-order valence-corrected chi connectivity index (χ2v) is 6.21. The molecule has 0 saturated heterocycles. The van der Waals surface area contributed by atoms with Crippen LogP contribution in [-0.2, 0) is 4.79 Å². The number of amides is 4. The minimum Gasteiger partial charge on any atom is -0.353 e. The maximum atomic E-state index is 12.2. The molecule has 7 nitrogen and oxygen atoms in total. The molecule has 1 heterocycles. The summed E-state index contributed by atoms with van der Waals surface area (Å²) in [5, 5.41) is 5.29. The summed E-state index contributed by atoms with van der Waals surface area (Å²) in [5.41, 5.74) is 2.21. The number of hydrogen-bond donors (Lipinski definition) is 2. The van der Waals surface area contributed by atoms with E-state index in [1.165, 1.54) is 0 Å². The van der Waals surface area contributed by atoms with E-state index < -0.39 is 17.7 Å². The van der Waals surface area contributed by atoms with Crippen LogP contribution in [-0.4, -0.2) is 48.2 Å². The minimum atomic E-state index is -0.474. The molecule has 0 radical (unpaired) electrons. The summed E-state index contributed by atoms with van der Waals surface area (Å²) in [7, 11) is 0. The second kappa shape index (κ2) is 7.82. The Balaban J connectivity index is 1.44. The maximum Gasteiger partial charge on any atom is 0.262 e. The number of fused-ring (bicyclic) bond motifs is 1. The van der Waals surface area contributed by atoms with Crippen LogP contribution in [0.2, 0.25) is 0 Å². The van der Waals surface area contributed by atoms with Gasteiger partial charge < -0.3 is 10.6 Å². The molecule has 0 unspecified atom stereocenters. The van der Waals surface area contributed by atoms with Gasteiger partial charge >= 0.3 is 0 Å². The zero-order valence-electron chi connectivity index (χ0n) is 14.8. The van der Waals surface area contributed by atoms with Crippen LogP contribution in [0.15, 0.2) is 48.5 Å². The molecular formula is C20H19N3O4. The first-order valence-corrected chi connectivity index (χ1v) is 8.54. The van der Waals surface area contributed by atoms with E-state index in [1.807, 2.05) is 19.1 Å². The Morgan fingerprint density at radius 3 is 2.00 bits per heavy atom. The van der Waals surface area contributed by atoms with Gasteiger partial charge in [-0.2, -0.15) is 0 Å². The van der Waals surface area contributed by atoms with E-state index in [0.29, 0.717) is 16.7 Å². The number of aryl methyl sites for hydroxylation is 1. The van der Waals surface area contributed by atoms with E-state index in [2.05, 4.69) is 10.6 Å². The fourth-order valence-corrected chi connectivity index (χ4v) is 2.77. The van der Waals surface area contributed by atoms with Crippen molar-refractivity contribution in [1.29, 1.82) is 0 Å². The average Bonchev–Trinajstić information content (AvgIpc) is 2.91. The van der Waals surface area contributed by atoms with Gasteiger partial charge in [0.1, 0.15) is 6.54 Å². The molecule has 7 heteroatoms. The summed E-state index contributed by atoms with van der Waals surface area (Å²) in [6.07, 6.45) is 0. The van der Waals surface area contributed by atoms with Crippen LogP contribution in [0.1, 0.15) is 36.6 Å². The monoisotopic (exact) mass is 365 g/mol. The summed E-state index contributed by atoms with van der Waals surface area (Å²) in [4.78, 5) is 49.3. The molecule has 1 aliphatic heterocycles. The van der Waals surface area contributed by atoms with Crippen molar-refractivity contribution in [1.82, 2.24) is 15.5 Å². The third-order valence-corrected chi connectivity index (χ3v) is 4.23. The van der Waals surface area contributed by atoms with Gasteiger partial charge in [-0.1, -0.05) is 29.8 Å². The molecule has 0 spiro atoms. The molecular weight excluding hydrogens is 346 g/mol. The Kier molecular flexibility index (Phi) is 5.30. The Morgan fingerprint density at radius 2 is 1.41 bits per heavy atom. The van der Waals surface area contributed by atoms with E-state index in [0.717, 1.165) is 10.5 Å². The molecule has 0 saturated carbocycles.